The van der Waals surface area contributed by atoms with Gasteiger partial charge in [-0.25, -0.2) is 9.97 Å². The molecular weight excluding hydrogens is 334 g/mol. The third kappa shape index (κ3) is 2.82. The zero-order valence-corrected chi connectivity index (χ0v) is 14.8. The van der Waals surface area contributed by atoms with Crippen molar-refractivity contribution in [3.8, 4) is 0 Å². The SMILES string of the molecule is O=C(C1CCn2ncnc2C1)N1CCc2oc(C3CCOCC3)nc2C1. The molecule has 5 heterocycles. The van der Waals surface area contributed by atoms with E-state index in [1.165, 1.54) is 0 Å². The molecule has 3 aliphatic rings. The van der Waals surface area contributed by atoms with Gasteiger partial charge in [-0.15, -0.1) is 0 Å². The molecule has 8 heteroatoms. The van der Waals surface area contributed by atoms with Gasteiger partial charge in [-0.1, -0.05) is 0 Å². The van der Waals surface area contributed by atoms with Crippen molar-refractivity contribution >= 4 is 5.91 Å². The van der Waals surface area contributed by atoms with Crippen molar-refractivity contribution in [2.75, 3.05) is 19.8 Å². The van der Waals surface area contributed by atoms with Crippen LogP contribution in [-0.4, -0.2) is 50.3 Å². The minimum Gasteiger partial charge on any atom is -0.445 e. The molecule has 0 radical (unpaired) electrons. The first kappa shape index (κ1) is 16.0. The van der Waals surface area contributed by atoms with Crippen molar-refractivity contribution in [1.82, 2.24) is 24.6 Å². The Hall–Kier alpha value is -2.22. The van der Waals surface area contributed by atoms with Crippen LogP contribution in [0.4, 0.5) is 0 Å². The maximum atomic E-state index is 13.0. The van der Waals surface area contributed by atoms with Crippen LogP contribution >= 0.6 is 0 Å². The smallest absolute Gasteiger partial charge is 0.226 e. The number of rotatable bonds is 2. The van der Waals surface area contributed by atoms with Crippen molar-refractivity contribution < 1.29 is 13.9 Å². The fraction of sp³-hybridized carbons (Fsp3) is 0.667. The lowest BCUT2D eigenvalue weighted by atomic mass is 9.95. The van der Waals surface area contributed by atoms with Gasteiger partial charge in [-0.2, -0.15) is 5.10 Å². The van der Waals surface area contributed by atoms with E-state index >= 15 is 0 Å². The van der Waals surface area contributed by atoms with E-state index < -0.39 is 0 Å². The largest absolute Gasteiger partial charge is 0.445 e. The summed E-state index contributed by atoms with van der Waals surface area (Å²) in [4.78, 5) is 23.9. The molecular formula is C18H23N5O3. The molecule has 0 spiro atoms. The summed E-state index contributed by atoms with van der Waals surface area (Å²) < 4.78 is 13.4. The minimum atomic E-state index is -0.00452. The van der Waals surface area contributed by atoms with Gasteiger partial charge in [0.2, 0.25) is 5.91 Å². The van der Waals surface area contributed by atoms with Gasteiger partial charge in [0.25, 0.3) is 0 Å². The van der Waals surface area contributed by atoms with E-state index in [9.17, 15) is 4.79 Å². The molecule has 0 aromatic carbocycles. The van der Waals surface area contributed by atoms with Crippen LogP contribution in [0.3, 0.4) is 0 Å². The van der Waals surface area contributed by atoms with Gasteiger partial charge in [-0.3, -0.25) is 9.48 Å². The van der Waals surface area contributed by atoms with E-state index in [1.54, 1.807) is 6.33 Å². The number of ether oxygens (including phenoxy) is 1. The second-order valence-corrected chi connectivity index (χ2v) is 7.41. The number of carbonyl (C=O) groups excluding carboxylic acids is 1. The number of carbonyl (C=O) groups is 1. The van der Waals surface area contributed by atoms with E-state index in [1.807, 2.05) is 9.58 Å². The summed E-state index contributed by atoms with van der Waals surface area (Å²) in [6.45, 7) is 3.58. The lowest BCUT2D eigenvalue weighted by Gasteiger charge is -2.30. The van der Waals surface area contributed by atoms with Gasteiger partial charge in [0, 0.05) is 51.0 Å². The molecule has 1 fully saturated rings. The minimum absolute atomic E-state index is 0.00452. The molecule has 2 aromatic rings. The molecule has 138 valence electrons. The Morgan fingerprint density at radius 3 is 2.96 bits per heavy atom. The van der Waals surface area contributed by atoms with Crippen LogP contribution in [0.5, 0.6) is 0 Å². The number of aryl methyl sites for hydroxylation is 1. The number of hydrogen-bond acceptors (Lipinski definition) is 6. The van der Waals surface area contributed by atoms with Crippen LogP contribution in [0, 0.1) is 5.92 Å². The molecule has 3 aliphatic heterocycles. The Balaban J connectivity index is 1.28. The molecule has 1 atom stereocenters. The summed E-state index contributed by atoms with van der Waals surface area (Å²) in [5, 5.41) is 4.19. The second-order valence-electron chi connectivity index (χ2n) is 7.41. The number of oxazole rings is 1. The van der Waals surface area contributed by atoms with Crippen molar-refractivity contribution in [2.45, 2.75) is 51.1 Å². The molecule has 0 saturated carbocycles. The highest BCUT2D eigenvalue weighted by Crippen LogP contribution is 2.31. The van der Waals surface area contributed by atoms with Crippen molar-refractivity contribution in [3.63, 3.8) is 0 Å². The van der Waals surface area contributed by atoms with Gasteiger partial charge in [-0.05, 0) is 19.3 Å². The van der Waals surface area contributed by atoms with Crippen molar-refractivity contribution in [3.05, 3.63) is 29.5 Å². The molecule has 26 heavy (non-hydrogen) atoms. The fourth-order valence-corrected chi connectivity index (χ4v) is 4.23. The maximum absolute atomic E-state index is 13.0. The average Bonchev–Trinajstić information content (AvgIpc) is 3.33. The zero-order valence-electron chi connectivity index (χ0n) is 14.8. The van der Waals surface area contributed by atoms with Gasteiger partial charge in [0.15, 0.2) is 5.89 Å². The normalized spacial score (nSPS) is 23.5. The molecule has 8 nitrogen and oxygen atoms in total. The highest BCUT2D eigenvalue weighted by molar-refractivity contribution is 5.79. The quantitative estimate of drug-likeness (QED) is 0.805. The first-order chi connectivity index (χ1) is 12.8. The van der Waals surface area contributed by atoms with Crippen LogP contribution in [-0.2, 0) is 35.5 Å². The summed E-state index contributed by atoms with van der Waals surface area (Å²) in [6, 6.07) is 0. The van der Waals surface area contributed by atoms with E-state index in [2.05, 4.69) is 10.1 Å². The summed E-state index contributed by atoms with van der Waals surface area (Å²) in [5.41, 5.74) is 0.935. The first-order valence-electron chi connectivity index (χ1n) is 9.49. The van der Waals surface area contributed by atoms with E-state index in [4.69, 9.17) is 14.1 Å². The Morgan fingerprint density at radius 2 is 2.08 bits per heavy atom. The van der Waals surface area contributed by atoms with E-state index in [0.29, 0.717) is 25.4 Å². The van der Waals surface area contributed by atoms with Crippen molar-refractivity contribution in [2.24, 2.45) is 5.92 Å². The van der Waals surface area contributed by atoms with Gasteiger partial charge < -0.3 is 14.1 Å². The topological polar surface area (TPSA) is 86.3 Å². The Kier molecular flexibility index (Phi) is 4.00. The molecule has 1 unspecified atom stereocenters. The van der Waals surface area contributed by atoms with E-state index in [0.717, 1.165) is 68.6 Å². The lowest BCUT2D eigenvalue weighted by molar-refractivity contribution is -0.137. The van der Waals surface area contributed by atoms with Gasteiger partial charge in [0.05, 0.1) is 6.54 Å². The number of hydrogen-bond donors (Lipinski definition) is 0. The molecule has 0 aliphatic carbocycles. The fourth-order valence-electron chi connectivity index (χ4n) is 4.23. The Bertz CT molecular complexity index is 808. The molecule has 5 rings (SSSR count). The highest BCUT2D eigenvalue weighted by Gasteiger charge is 2.33. The molecule has 0 bridgehead atoms. The summed E-state index contributed by atoms with van der Waals surface area (Å²) in [6.07, 6.45) is 5.75. The zero-order chi connectivity index (χ0) is 17.5. The monoisotopic (exact) mass is 357 g/mol. The number of amides is 1. The Morgan fingerprint density at radius 1 is 1.19 bits per heavy atom. The maximum Gasteiger partial charge on any atom is 0.226 e. The van der Waals surface area contributed by atoms with Crippen LogP contribution < -0.4 is 0 Å². The Labute approximate surface area is 151 Å². The first-order valence-corrected chi connectivity index (χ1v) is 9.49. The predicted octanol–water partition coefficient (Wildman–Crippen LogP) is 1.31. The third-order valence-corrected chi connectivity index (χ3v) is 5.79. The van der Waals surface area contributed by atoms with E-state index in [-0.39, 0.29) is 11.8 Å². The summed E-state index contributed by atoms with van der Waals surface area (Å²) in [5.74, 6) is 3.26. The standard InChI is InChI=1S/C18H23N5O3/c24-18(13-1-6-23-16(9-13)19-11-20-23)22-5-2-15-14(10-22)21-17(26-15)12-3-7-25-8-4-12/h11-13H,1-10H2. The average molecular weight is 357 g/mol. The molecule has 1 saturated heterocycles. The predicted molar refractivity (Wildman–Crippen MR) is 90.3 cm³/mol. The van der Waals surface area contributed by atoms with Crippen LogP contribution in [0.1, 0.15) is 48.3 Å². The number of fused-ring (bicyclic) bond motifs is 2. The van der Waals surface area contributed by atoms with Gasteiger partial charge in [0.1, 0.15) is 23.6 Å². The molecule has 1 amide bonds. The summed E-state index contributed by atoms with van der Waals surface area (Å²) in [7, 11) is 0. The molecule has 2 aromatic heterocycles. The van der Waals surface area contributed by atoms with Crippen LogP contribution in [0.2, 0.25) is 0 Å². The van der Waals surface area contributed by atoms with Crippen LogP contribution in [0.25, 0.3) is 0 Å². The number of aromatic nitrogens is 4. The highest BCUT2D eigenvalue weighted by atomic mass is 16.5. The third-order valence-electron chi connectivity index (χ3n) is 5.79. The van der Waals surface area contributed by atoms with Crippen LogP contribution in [0.15, 0.2) is 10.7 Å². The van der Waals surface area contributed by atoms with Crippen molar-refractivity contribution in [1.29, 1.82) is 0 Å². The lowest BCUT2D eigenvalue weighted by Crippen LogP contribution is -2.42. The van der Waals surface area contributed by atoms with Gasteiger partial charge >= 0.3 is 0 Å². The molecule has 0 N–H and O–H groups in total. The number of nitrogens with zero attached hydrogens (tertiary/aromatic N) is 5. The summed E-state index contributed by atoms with van der Waals surface area (Å²) >= 11 is 0. The second kappa shape index (κ2) is 6.50.